The van der Waals surface area contributed by atoms with Crippen LogP contribution in [0, 0.1) is 5.92 Å². The Kier molecular flexibility index (Phi) is 8.49. The predicted octanol–water partition coefficient (Wildman–Crippen LogP) is 1.21. The first-order valence-corrected chi connectivity index (χ1v) is 13.3. The summed E-state index contributed by atoms with van der Waals surface area (Å²) in [5.41, 5.74) is 12.2. The molecule has 206 valence electrons. The highest BCUT2D eigenvalue weighted by Gasteiger charge is 2.35. The van der Waals surface area contributed by atoms with Gasteiger partial charge in [-0.25, -0.2) is 9.59 Å². The molecule has 1 aromatic carbocycles. The molecule has 0 aliphatic carbocycles. The third kappa shape index (κ3) is 6.58. The predicted molar refractivity (Wildman–Crippen MR) is 147 cm³/mol. The molecule has 0 saturated carbocycles. The molecule has 11 heteroatoms. The van der Waals surface area contributed by atoms with E-state index in [0.717, 1.165) is 39.0 Å². The summed E-state index contributed by atoms with van der Waals surface area (Å²) in [6.07, 6.45) is 3.89. The fraction of sp³-hybridized carbons (Fsp3) is 0.556. The quantitative estimate of drug-likeness (QED) is 0.515. The number of likely N-dealkylation sites (tertiary alicyclic amines) is 1. The zero-order valence-electron chi connectivity index (χ0n) is 22.6. The summed E-state index contributed by atoms with van der Waals surface area (Å²) in [5, 5.41) is 2.71. The lowest BCUT2D eigenvalue weighted by Crippen LogP contribution is -2.61. The summed E-state index contributed by atoms with van der Waals surface area (Å²) in [4.78, 5) is 47.9. The van der Waals surface area contributed by atoms with Crippen LogP contribution in [0.5, 0.6) is 0 Å². The van der Waals surface area contributed by atoms with Crippen LogP contribution in [0.1, 0.15) is 39.2 Å². The van der Waals surface area contributed by atoms with Crippen molar-refractivity contribution in [3.63, 3.8) is 0 Å². The first kappa shape index (κ1) is 27.7. The standard InChI is InChI=1S/C27H40N8O3/c1-19-17-33(14-15-34(19)24(36)27(2,3)29)25(37)30-23-10-13-35(26(38)31-23)22-6-4-21(5-7-22)18-32-11-8-20(16-28)9-12-32/h4-7,10,13,19-20H,8-9,11-12,14-18,28-29H2,1-3H3,(H,30,31,37,38)/t19-/m1/s1. The molecular weight excluding hydrogens is 484 g/mol. The summed E-state index contributed by atoms with van der Waals surface area (Å²) in [7, 11) is 0. The Morgan fingerprint density at radius 3 is 2.34 bits per heavy atom. The molecule has 0 unspecified atom stereocenters. The zero-order chi connectivity index (χ0) is 27.4. The van der Waals surface area contributed by atoms with Gasteiger partial charge in [-0.15, -0.1) is 0 Å². The molecule has 0 bridgehead atoms. The highest BCUT2D eigenvalue weighted by Crippen LogP contribution is 2.19. The number of hydrogen-bond acceptors (Lipinski definition) is 7. The molecule has 2 fully saturated rings. The van der Waals surface area contributed by atoms with E-state index in [-0.39, 0.29) is 23.8 Å². The second-order valence-electron chi connectivity index (χ2n) is 11.0. The molecule has 3 amide bonds. The van der Waals surface area contributed by atoms with Crippen molar-refractivity contribution in [2.45, 2.75) is 51.7 Å². The SMILES string of the molecule is C[C@@H]1CN(C(=O)Nc2ccn(-c3ccc(CN4CCC(CN)CC4)cc3)c(=O)n2)CCN1C(=O)C(C)(C)N. The number of carbonyl (C=O) groups is 2. The van der Waals surface area contributed by atoms with E-state index < -0.39 is 11.2 Å². The first-order chi connectivity index (χ1) is 18.0. The van der Waals surface area contributed by atoms with E-state index in [0.29, 0.717) is 31.2 Å². The molecule has 2 aromatic rings. The Hall–Kier alpha value is -3.28. The van der Waals surface area contributed by atoms with Gasteiger partial charge >= 0.3 is 11.7 Å². The second-order valence-corrected chi connectivity index (χ2v) is 11.0. The van der Waals surface area contributed by atoms with Crippen LogP contribution in [0.4, 0.5) is 10.6 Å². The lowest BCUT2D eigenvalue weighted by atomic mass is 9.97. The Balaban J connectivity index is 1.33. The number of nitrogens with two attached hydrogens (primary N) is 2. The average Bonchev–Trinajstić information content (AvgIpc) is 2.89. The summed E-state index contributed by atoms with van der Waals surface area (Å²) >= 11 is 0. The molecule has 0 spiro atoms. The fourth-order valence-electron chi connectivity index (χ4n) is 5.07. The minimum absolute atomic E-state index is 0.143. The summed E-state index contributed by atoms with van der Waals surface area (Å²) in [6.45, 7) is 10.1. The van der Waals surface area contributed by atoms with Crippen LogP contribution in [-0.2, 0) is 11.3 Å². The minimum Gasteiger partial charge on any atom is -0.335 e. The molecule has 4 rings (SSSR count). The van der Waals surface area contributed by atoms with Gasteiger partial charge in [-0.3, -0.25) is 19.6 Å². The second kappa shape index (κ2) is 11.6. The number of anilines is 1. The van der Waals surface area contributed by atoms with Gasteiger partial charge in [0.25, 0.3) is 0 Å². The van der Waals surface area contributed by atoms with Crippen molar-refractivity contribution in [1.29, 1.82) is 0 Å². The van der Waals surface area contributed by atoms with Gasteiger partial charge < -0.3 is 21.3 Å². The highest BCUT2D eigenvalue weighted by molar-refractivity contribution is 5.89. The smallest absolute Gasteiger partial charge is 0.335 e. The summed E-state index contributed by atoms with van der Waals surface area (Å²) < 4.78 is 1.45. The number of urea groups is 1. The van der Waals surface area contributed by atoms with Gasteiger partial charge in [-0.1, -0.05) is 12.1 Å². The van der Waals surface area contributed by atoms with Crippen LogP contribution in [0.3, 0.4) is 0 Å². The third-order valence-electron chi connectivity index (χ3n) is 7.43. The zero-order valence-corrected chi connectivity index (χ0v) is 22.6. The minimum atomic E-state index is -0.963. The van der Waals surface area contributed by atoms with Gasteiger partial charge in [-0.2, -0.15) is 4.98 Å². The largest absolute Gasteiger partial charge is 0.354 e. The number of aromatic nitrogens is 2. The average molecular weight is 525 g/mol. The van der Waals surface area contributed by atoms with Crippen molar-refractivity contribution >= 4 is 17.8 Å². The summed E-state index contributed by atoms with van der Waals surface area (Å²) in [6, 6.07) is 8.96. The molecule has 11 nitrogen and oxygen atoms in total. The van der Waals surface area contributed by atoms with Gasteiger partial charge in [0.1, 0.15) is 5.82 Å². The monoisotopic (exact) mass is 524 g/mol. The maximum atomic E-state index is 12.8. The molecule has 5 N–H and O–H groups in total. The van der Waals surface area contributed by atoms with Gasteiger partial charge in [0.05, 0.1) is 11.2 Å². The molecule has 3 heterocycles. The molecule has 2 aliphatic heterocycles. The Labute approximate surface area is 223 Å². The van der Waals surface area contributed by atoms with E-state index in [1.54, 1.807) is 35.9 Å². The molecule has 2 aliphatic rings. The Morgan fingerprint density at radius 2 is 1.76 bits per heavy atom. The number of benzene rings is 1. The number of piperidine rings is 1. The van der Waals surface area contributed by atoms with Crippen LogP contribution in [0.15, 0.2) is 41.3 Å². The van der Waals surface area contributed by atoms with E-state index in [1.165, 1.54) is 10.1 Å². The van der Waals surface area contributed by atoms with Gasteiger partial charge in [-0.05, 0) is 82.9 Å². The van der Waals surface area contributed by atoms with Gasteiger partial charge in [0, 0.05) is 38.4 Å². The normalized spacial score (nSPS) is 19.4. The molecule has 38 heavy (non-hydrogen) atoms. The molecule has 1 atom stereocenters. The molecule has 2 saturated heterocycles. The van der Waals surface area contributed by atoms with Gasteiger partial charge in [0.2, 0.25) is 5.91 Å². The van der Waals surface area contributed by atoms with E-state index >= 15 is 0 Å². The van der Waals surface area contributed by atoms with Crippen molar-refractivity contribution in [2.75, 3.05) is 44.6 Å². The van der Waals surface area contributed by atoms with E-state index in [9.17, 15) is 14.4 Å². The third-order valence-corrected chi connectivity index (χ3v) is 7.43. The lowest BCUT2D eigenvalue weighted by Gasteiger charge is -2.42. The number of rotatable bonds is 6. The highest BCUT2D eigenvalue weighted by atomic mass is 16.2. The van der Waals surface area contributed by atoms with E-state index in [1.807, 2.05) is 31.2 Å². The van der Waals surface area contributed by atoms with Crippen molar-refractivity contribution in [3.05, 3.63) is 52.6 Å². The molecule has 0 radical (unpaired) electrons. The van der Waals surface area contributed by atoms with Crippen LogP contribution in [-0.4, -0.2) is 87.0 Å². The number of piperazine rings is 1. The van der Waals surface area contributed by atoms with Crippen molar-refractivity contribution in [2.24, 2.45) is 17.4 Å². The Morgan fingerprint density at radius 1 is 1.08 bits per heavy atom. The van der Waals surface area contributed by atoms with Crippen LogP contribution < -0.4 is 22.5 Å². The summed E-state index contributed by atoms with van der Waals surface area (Å²) in [5.74, 6) is 0.674. The van der Waals surface area contributed by atoms with Crippen molar-refractivity contribution in [3.8, 4) is 5.69 Å². The number of nitrogens with one attached hydrogen (secondary N) is 1. The first-order valence-electron chi connectivity index (χ1n) is 13.3. The Bertz CT molecular complexity index is 1180. The van der Waals surface area contributed by atoms with E-state index in [2.05, 4.69) is 15.2 Å². The van der Waals surface area contributed by atoms with Crippen molar-refractivity contribution in [1.82, 2.24) is 24.3 Å². The van der Waals surface area contributed by atoms with E-state index in [4.69, 9.17) is 11.5 Å². The number of nitrogens with zero attached hydrogens (tertiary/aromatic N) is 5. The lowest BCUT2D eigenvalue weighted by molar-refractivity contribution is -0.139. The number of carbonyl (C=O) groups excluding carboxylic acids is 2. The van der Waals surface area contributed by atoms with Crippen LogP contribution in [0.2, 0.25) is 0 Å². The topological polar surface area (TPSA) is 143 Å². The van der Waals surface area contributed by atoms with Crippen LogP contribution in [0.25, 0.3) is 5.69 Å². The van der Waals surface area contributed by atoms with Crippen LogP contribution >= 0.6 is 0 Å². The maximum absolute atomic E-state index is 12.8. The fourth-order valence-corrected chi connectivity index (χ4v) is 5.07. The van der Waals surface area contributed by atoms with Gasteiger partial charge in [0.15, 0.2) is 0 Å². The maximum Gasteiger partial charge on any atom is 0.354 e. The number of amides is 3. The molecular formula is C27H40N8O3. The molecule has 1 aromatic heterocycles. The van der Waals surface area contributed by atoms with Crippen molar-refractivity contribution < 1.29 is 9.59 Å². The number of hydrogen-bond donors (Lipinski definition) is 3.